The molecule has 0 saturated carbocycles. The second kappa shape index (κ2) is 8.33. The molecule has 4 rings (SSSR count). The zero-order valence-electron chi connectivity index (χ0n) is 16.2. The smallest absolute Gasteiger partial charge is 0.256 e. The van der Waals surface area contributed by atoms with E-state index in [-0.39, 0.29) is 5.91 Å². The van der Waals surface area contributed by atoms with Crippen molar-refractivity contribution in [2.24, 2.45) is 5.92 Å². The highest BCUT2D eigenvalue weighted by Gasteiger charge is 2.25. The van der Waals surface area contributed by atoms with Gasteiger partial charge in [-0.1, -0.05) is 42.0 Å². The van der Waals surface area contributed by atoms with Crippen molar-refractivity contribution in [3.63, 3.8) is 0 Å². The second-order valence-electron chi connectivity index (χ2n) is 7.53. The first-order valence-corrected chi connectivity index (χ1v) is 9.88. The van der Waals surface area contributed by atoms with Gasteiger partial charge in [0.15, 0.2) is 0 Å². The summed E-state index contributed by atoms with van der Waals surface area (Å²) >= 11 is 0. The highest BCUT2D eigenvalue weighted by Crippen LogP contribution is 2.25. The molecule has 6 nitrogen and oxygen atoms in total. The first-order chi connectivity index (χ1) is 13.7. The molecular formula is C22H25N5O. The van der Waals surface area contributed by atoms with Crippen molar-refractivity contribution >= 4 is 5.91 Å². The molecule has 1 aliphatic heterocycles. The van der Waals surface area contributed by atoms with E-state index >= 15 is 0 Å². The lowest BCUT2D eigenvalue weighted by molar-refractivity contribution is 0.0687. The van der Waals surface area contributed by atoms with Crippen LogP contribution in [-0.4, -0.2) is 44.1 Å². The number of carbonyl (C=O) groups is 1. The Hall–Kier alpha value is -3.02. The van der Waals surface area contributed by atoms with Gasteiger partial charge >= 0.3 is 0 Å². The van der Waals surface area contributed by atoms with Crippen molar-refractivity contribution in [2.45, 2.75) is 32.6 Å². The normalized spacial score (nSPS) is 15.0. The van der Waals surface area contributed by atoms with Crippen LogP contribution in [0, 0.1) is 12.8 Å². The molecule has 0 unspecified atom stereocenters. The van der Waals surface area contributed by atoms with Crippen molar-refractivity contribution in [1.82, 2.24) is 25.1 Å². The summed E-state index contributed by atoms with van der Waals surface area (Å²) < 4.78 is 1.54. The number of likely N-dealkylation sites (tertiary alicyclic amines) is 1. The molecule has 0 spiro atoms. The summed E-state index contributed by atoms with van der Waals surface area (Å²) in [4.78, 5) is 15.0. The molecule has 2 heterocycles. The molecule has 1 saturated heterocycles. The van der Waals surface area contributed by atoms with E-state index in [0.29, 0.717) is 11.5 Å². The first kappa shape index (κ1) is 18.3. The maximum atomic E-state index is 13.1. The SMILES string of the molecule is Cc1ccc(CCC2CCN(C(=O)c3ccccc3-n3cnnn3)CC2)cc1. The Morgan fingerprint density at radius 2 is 1.82 bits per heavy atom. The fourth-order valence-corrected chi connectivity index (χ4v) is 3.85. The molecule has 0 bridgehead atoms. The van der Waals surface area contributed by atoms with Gasteiger partial charge in [-0.05, 0) is 66.6 Å². The Kier molecular flexibility index (Phi) is 5.46. The number of tetrazole rings is 1. The molecule has 1 fully saturated rings. The Morgan fingerprint density at radius 3 is 2.54 bits per heavy atom. The van der Waals surface area contributed by atoms with Crippen molar-refractivity contribution in [3.8, 4) is 5.69 Å². The number of piperidine rings is 1. The van der Waals surface area contributed by atoms with Crippen LogP contribution in [-0.2, 0) is 6.42 Å². The highest BCUT2D eigenvalue weighted by molar-refractivity contribution is 5.97. The molecule has 1 amide bonds. The molecule has 28 heavy (non-hydrogen) atoms. The van der Waals surface area contributed by atoms with Crippen molar-refractivity contribution in [2.75, 3.05) is 13.1 Å². The van der Waals surface area contributed by atoms with Gasteiger partial charge in [0, 0.05) is 13.1 Å². The lowest BCUT2D eigenvalue weighted by Crippen LogP contribution is -2.39. The third-order valence-corrected chi connectivity index (χ3v) is 5.59. The number of amides is 1. The average Bonchev–Trinajstić information content (AvgIpc) is 3.28. The zero-order chi connectivity index (χ0) is 19.3. The van der Waals surface area contributed by atoms with Gasteiger partial charge in [0.2, 0.25) is 0 Å². The van der Waals surface area contributed by atoms with Crippen LogP contribution in [0.25, 0.3) is 5.69 Å². The molecular weight excluding hydrogens is 350 g/mol. The fourth-order valence-electron chi connectivity index (χ4n) is 3.85. The maximum absolute atomic E-state index is 13.1. The van der Waals surface area contributed by atoms with E-state index in [9.17, 15) is 4.79 Å². The van der Waals surface area contributed by atoms with Gasteiger partial charge in [-0.25, -0.2) is 0 Å². The van der Waals surface area contributed by atoms with Gasteiger partial charge in [0.25, 0.3) is 5.91 Å². The summed E-state index contributed by atoms with van der Waals surface area (Å²) in [5.41, 5.74) is 4.07. The lowest BCUT2D eigenvalue weighted by atomic mass is 9.90. The number of hydrogen-bond acceptors (Lipinski definition) is 4. The summed E-state index contributed by atoms with van der Waals surface area (Å²) in [6, 6.07) is 16.3. The van der Waals surface area contributed by atoms with E-state index < -0.39 is 0 Å². The van der Waals surface area contributed by atoms with Crippen LogP contribution in [0.1, 0.15) is 40.7 Å². The van der Waals surface area contributed by atoms with Crippen LogP contribution < -0.4 is 0 Å². The number of aryl methyl sites for hydroxylation is 2. The molecule has 1 aromatic heterocycles. The molecule has 0 atom stereocenters. The zero-order valence-corrected chi connectivity index (χ0v) is 16.2. The minimum Gasteiger partial charge on any atom is -0.339 e. The standard InChI is InChI=1S/C22H25N5O/c1-17-6-8-18(9-7-17)10-11-19-12-14-26(15-13-19)22(28)20-4-2-3-5-21(20)27-16-23-24-25-27/h2-9,16,19H,10-15H2,1H3. The predicted molar refractivity (Wildman–Crippen MR) is 107 cm³/mol. The molecule has 6 heteroatoms. The topological polar surface area (TPSA) is 63.9 Å². The number of rotatable bonds is 5. The number of carbonyl (C=O) groups excluding carboxylic acids is 1. The minimum absolute atomic E-state index is 0.0584. The van der Waals surface area contributed by atoms with Crippen LogP contribution in [0.3, 0.4) is 0 Å². The van der Waals surface area contributed by atoms with E-state index in [2.05, 4.69) is 46.7 Å². The molecule has 0 N–H and O–H groups in total. The van der Waals surface area contributed by atoms with Gasteiger partial charge < -0.3 is 4.90 Å². The van der Waals surface area contributed by atoms with Crippen LogP contribution in [0.4, 0.5) is 0 Å². The van der Waals surface area contributed by atoms with Gasteiger partial charge in [-0.2, -0.15) is 4.68 Å². The van der Waals surface area contributed by atoms with Gasteiger partial charge in [-0.3, -0.25) is 4.79 Å². The summed E-state index contributed by atoms with van der Waals surface area (Å²) in [5.74, 6) is 0.739. The van der Waals surface area contributed by atoms with Crippen molar-refractivity contribution < 1.29 is 4.79 Å². The van der Waals surface area contributed by atoms with Crippen molar-refractivity contribution in [1.29, 1.82) is 0 Å². The molecule has 0 radical (unpaired) electrons. The quantitative estimate of drug-likeness (QED) is 0.685. The van der Waals surface area contributed by atoms with Gasteiger partial charge in [0.05, 0.1) is 11.3 Å². The number of aromatic nitrogens is 4. The summed E-state index contributed by atoms with van der Waals surface area (Å²) in [7, 11) is 0. The van der Waals surface area contributed by atoms with E-state index in [1.807, 2.05) is 29.2 Å². The fraction of sp³-hybridized carbons (Fsp3) is 0.364. The average molecular weight is 375 g/mol. The first-order valence-electron chi connectivity index (χ1n) is 9.88. The third-order valence-electron chi connectivity index (χ3n) is 5.59. The van der Waals surface area contributed by atoms with Gasteiger partial charge in [0.1, 0.15) is 6.33 Å². The number of hydrogen-bond donors (Lipinski definition) is 0. The predicted octanol–water partition coefficient (Wildman–Crippen LogP) is 3.46. The molecule has 0 aliphatic carbocycles. The Morgan fingerprint density at radius 1 is 1.07 bits per heavy atom. The Bertz CT molecular complexity index is 912. The number of benzene rings is 2. The van der Waals surface area contributed by atoms with Crippen LogP contribution in [0.15, 0.2) is 54.9 Å². The van der Waals surface area contributed by atoms with Crippen LogP contribution in [0.5, 0.6) is 0 Å². The summed E-state index contributed by atoms with van der Waals surface area (Å²) in [5, 5.41) is 11.3. The highest BCUT2D eigenvalue weighted by atomic mass is 16.2. The number of nitrogens with zero attached hydrogens (tertiary/aromatic N) is 5. The summed E-state index contributed by atoms with van der Waals surface area (Å²) in [6.45, 7) is 3.73. The number of para-hydroxylation sites is 1. The Balaban J connectivity index is 1.35. The molecule has 144 valence electrons. The molecule has 3 aromatic rings. The van der Waals surface area contributed by atoms with Gasteiger partial charge in [-0.15, -0.1) is 5.10 Å². The monoisotopic (exact) mass is 375 g/mol. The third kappa shape index (κ3) is 4.11. The Labute approximate surface area is 165 Å². The van der Waals surface area contributed by atoms with E-state index in [4.69, 9.17) is 0 Å². The minimum atomic E-state index is 0.0584. The van der Waals surface area contributed by atoms with Crippen molar-refractivity contribution in [3.05, 3.63) is 71.5 Å². The van der Waals surface area contributed by atoms with E-state index in [1.165, 1.54) is 23.9 Å². The molecule has 1 aliphatic rings. The molecule has 2 aromatic carbocycles. The van der Waals surface area contributed by atoms with E-state index in [0.717, 1.165) is 38.0 Å². The van der Waals surface area contributed by atoms with Crippen LogP contribution >= 0.6 is 0 Å². The second-order valence-corrected chi connectivity index (χ2v) is 7.53. The summed E-state index contributed by atoms with van der Waals surface area (Å²) in [6.07, 6.45) is 5.94. The van der Waals surface area contributed by atoms with Crippen LogP contribution in [0.2, 0.25) is 0 Å². The van der Waals surface area contributed by atoms with E-state index in [1.54, 1.807) is 4.68 Å². The maximum Gasteiger partial charge on any atom is 0.256 e. The largest absolute Gasteiger partial charge is 0.339 e. The lowest BCUT2D eigenvalue weighted by Gasteiger charge is -2.32.